The first-order valence-corrected chi connectivity index (χ1v) is 6.56. The molecular weight excluding hydrogens is 238 g/mol. The first-order chi connectivity index (χ1) is 9.38. The van der Waals surface area contributed by atoms with E-state index in [0.717, 1.165) is 31.0 Å². The molecule has 0 aliphatic heterocycles. The second-order valence-electron chi connectivity index (χ2n) is 4.48. The molecular formula is C15H17N3O. The largest absolute Gasteiger partial charge is 0.459 e. The fourth-order valence-electron chi connectivity index (χ4n) is 2.26. The van der Waals surface area contributed by atoms with E-state index in [4.69, 9.17) is 4.42 Å². The lowest BCUT2D eigenvalue weighted by Crippen LogP contribution is -2.13. The molecule has 0 fully saturated rings. The minimum absolute atomic E-state index is 0.741. The highest BCUT2D eigenvalue weighted by molar-refractivity contribution is 5.82. The third-order valence-electron chi connectivity index (χ3n) is 3.20. The molecule has 2 heterocycles. The number of aromatic nitrogens is 2. The van der Waals surface area contributed by atoms with Gasteiger partial charge < -0.3 is 9.73 Å². The van der Waals surface area contributed by atoms with Gasteiger partial charge in [0.2, 0.25) is 0 Å². The maximum absolute atomic E-state index is 5.95. The Labute approximate surface area is 112 Å². The number of nitrogens with one attached hydrogen (secondary N) is 1. The van der Waals surface area contributed by atoms with Crippen LogP contribution in [0.1, 0.15) is 18.2 Å². The van der Waals surface area contributed by atoms with Crippen molar-refractivity contribution in [1.82, 2.24) is 15.1 Å². The fourth-order valence-corrected chi connectivity index (χ4v) is 2.26. The van der Waals surface area contributed by atoms with Crippen molar-refractivity contribution in [3.05, 3.63) is 54.0 Å². The van der Waals surface area contributed by atoms with Crippen LogP contribution in [0.5, 0.6) is 0 Å². The van der Waals surface area contributed by atoms with Gasteiger partial charge in [0.15, 0.2) is 0 Å². The van der Waals surface area contributed by atoms with Gasteiger partial charge in [0.25, 0.3) is 0 Å². The Kier molecular flexibility index (Phi) is 3.33. The van der Waals surface area contributed by atoms with Gasteiger partial charge in [-0.25, -0.2) is 0 Å². The van der Waals surface area contributed by atoms with Gasteiger partial charge in [0.1, 0.15) is 11.3 Å². The molecule has 4 nitrogen and oxygen atoms in total. The molecule has 0 bridgehead atoms. The zero-order chi connectivity index (χ0) is 13.1. The molecule has 3 rings (SSSR count). The average molecular weight is 255 g/mol. The third kappa shape index (κ3) is 2.39. The summed E-state index contributed by atoms with van der Waals surface area (Å²) in [5.74, 6) is 0.999. The maximum atomic E-state index is 5.95. The topological polar surface area (TPSA) is 43.0 Å². The van der Waals surface area contributed by atoms with Crippen LogP contribution in [0.4, 0.5) is 0 Å². The van der Waals surface area contributed by atoms with Crippen LogP contribution < -0.4 is 5.32 Å². The highest BCUT2D eigenvalue weighted by Gasteiger charge is 2.13. The van der Waals surface area contributed by atoms with Crippen molar-refractivity contribution in [3.8, 4) is 0 Å². The third-order valence-corrected chi connectivity index (χ3v) is 3.20. The molecule has 0 saturated heterocycles. The van der Waals surface area contributed by atoms with Gasteiger partial charge in [0.05, 0.1) is 13.1 Å². The second-order valence-corrected chi connectivity index (χ2v) is 4.48. The van der Waals surface area contributed by atoms with E-state index in [-0.39, 0.29) is 0 Å². The number of rotatable bonds is 5. The molecule has 98 valence electrons. The van der Waals surface area contributed by atoms with Gasteiger partial charge in [-0.3, -0.25) is 4.68 Å². The highest BCUT2D eigenvalue weighted by atomic mass is 16.3. The SMILES string of the molecule is CCNCc1oc2ccccc2c1Cn1cccn1. The van der Waals surface area contributed by atoms with Crippen LogP contribution in [0.3, 0.4) is 0 Å². The maximum Gasteiger partial charge on any atom is 0.134 e. The van der Waals surface area contributed by atoms with Crippen LogP contribution in [0.15, 0.2) is 47.1 Å². The van der Waals surface area contributed by atoms with Gasteiger partial charge in [-0.15, -0.1) is 0 Å². The van der Waals surface area contributed by atoms with E-state index in [1.54, 1.807) is 6.20 Å². The van der Waals surface area contributed by atoms with E-state index in [0.29, 0.717) is 0 Å². The van der Waals surface area contributed by atoms with Crippen molar-refractivity contribution in [1.29, 1.82) is 0 Å². The average Bonchev–Trinajstić information content (AvgIpc) is 3.06. The molecule has 0 unspecified atom stereocenters. The second kappa shape index (κ2) is 5.28. The summed E-state index contributed by atoms with van der Waals surface area (Å²) in [4.78, 5) is 0. The van der Waals surface area contributed by atoms with Gasteiger partial charge in [-0.1, -0.05) is 25.1 Å². The normalized spacial score (nSPS) is 11.2. The monoisotopic (exact) mass is 255 g/mol. The standard InChI is InChI=1S/C15H17N3O/c1-2-16-10-15-13(11-18-9-5-8-17-18)12-6-3-4-7-14(12)19-15/h3-9,16H,2,10-11H2,1H3. The summed E-state index contributed by atoms with van der Waals surface area (Å²) in [5, 5.41) is 8.77. The molecule has 0 aliphatic carbocycles. The molecule has 0 amide bonds. The molecule has 0 aliphatic rings. The summed E-state index contributed by atoms with van der Waals surface area (Å²) in [6.45, 7) is 4.51. The minimum atomic E-state index is 0.741. The Hall–Kier alpha value is -2.07. The summed E-state index contributed by atoms with van der Waals surface area (Å²) in [6.07, 6.45) is 3.77. The molecule has 0 radical (unpaired) electrons. The van der Waals surface area contributed by atoms with Gasteiger partial charge in [0, 0.05) is 23.3 Å². The molecule has 0 spiro atoms. The van der Waals surface area contributed by atoms with E-state index in [1.807, 2.05) is 35.1 Å². The van der Waals surface area contributed by atoms with Crippen molar-refractivity contribution in [3.63, 3.8) is 0 Å². The highest BCUT2D eigenvalue weighted by Crippen LogP contribution is 2.26. The Balaban J connectivity index is 2.02. The Morgan fingerprint density at radius 2 is 2.16 bits per heavy atom. The summed E-state index contributed by atoms with van der Waals surface area (Å²) < 4.78 is 7.87. The molecule has 1 aromatic carbocycles. The molecule has 0 atom stereocenters. The van der Waals surface area contributed by atoms with Crippen molar-refractivity contribution in [2.75, 3.05) is 6.54 Å². The number of nitrogens with zero attached hydrogens (tertiary/aromatic N) is 2. The Bertz CT molecular complexity index is 655. The first-order valence-electron chi connectivity index (χ1n) is 6.56. The number of hydrogen-bond donors (Lipinski definition) is 1. The first kappa shape index (κ1) is 12.0. The van der Waals surface area contributed by atoms with Crippen molar-refractivity contribution >= 4 is 11.0 Å². The molecule has 1 N–H and O–H groups in total. The number of furan rings is 1. The molecule has 3 aromatic rings. The van der Waals surface area contributed by atoms with Crippen LogP contribution in [0, 0.1) is 0 Å². The van der Waals surface area contributed by atoms with Crippen LogP contribution in [0.2, 0.25) is 0 Å². The van der Waals surface area contributed by atoms with Crippen LogP contribution >= 0.6 is 0 Å². The van der Waals surface area contributed by atoms with Crippen molar-refractivity contribution in [2.24, 2.45) is 0 Å². The van der Waals surface area contributed by atoms with E-state index >= 15 is 0 Å². The Morgan fingerprint density at radius 1 is 1.26 bits per heavy atom. The smallest absolute Gasteiger partial charge is 0.134 e. The number of fused-ring (bicyclic) bond motifs is 1. The van der Waals surface area contributed by atoms with E-state index in [1.165, 1.54) is 10.9 Å². The summed E-state index contributed by atoms with van der Waals surface area (Å²) in [7, 11) is 0. The number of para-hydroxylation sites is 1. The van der Waals surface area contributed by atoms with Crippen molar-refractivity contribution < 1.29 is 4.42 Å². The van der Waals surface area contributed by atoms with E-state index in [2.05, 4.69) is 23.4 Å². The predicted octanol–water partition coefficient (Wildman–Crippen LogP) is 2.79. The predicted molar refractivity (Wildman–Crippen MR) is 74.9 cm³/mol. The quantitative estimate of drug-likeness (QED) is 0.762. The molecule has 4 heteroatoms. The molecule has 2 aromatic heterocycles. The number of benzene rings is 1. The summed E-state index contributed by atoms with van der Waals surface area (Å²) in [6, 6.07) is 10.1. The minimum Gasteiger partial charge on any atom is -0.459 e. The number of hydrogen-bond acceptors (Lipinski definition) is 3. The lowest BCUT2D eigenvalue weighted by atomic mass is 10.1. The Morgan fingerprint density at radius 3 is 2.95 bits per heavy atom. The summed E-state index contributed by atoms with van der Waals surface area (Å²) in [5.41, 5.74) is 2.15. The van der Waals surface area contributed by atoms with Crippen LogP contribution in [-0.2, 0) is 13.1 Å². The van der Waals surface area contributed by atoms with Gasteiger partial charge >= 0.3 is 0 Å². The van der Waals surface area contributed by atoms with E-state index in [9.17, 15) is 0 Å². The zero-order valence-corrected chi connectivity index (χ0v) is 11.0. The van der Waals surface area contributed by atoms with Crippen molar-refractivity contribution in [2.45, 2.75) is 20.0 Å². The molecule has 19 heavy (non-hydrogen) atoms. The van der Waals surface area contributed by atoms with Gasteiger partial charge in [-0.2, -0.15) is 5.10 Å². The fraction of sp³-hybridized carbons (Fsp3) is 0.267. The van der Waals surface area contributed by atoms with Gasteiger partial charge in [-0.05, 0) is 18.7 Å². The lowest BCUT2D eigenvalue weighted by molar-refractivity contribution is 0.508. The van der Waals surface area contributed by atoms with E-state index < -0.39 is 0 Å². The van der Waals surface area contributed by atoms with Crippen LogP contribution in [0.25, 0.3) is 11.0 Å². The van der Waals surface area contributed by atoms with Crippen LogP contribution in [-0.4, -0.2) is 16.3 Å². The molecule has 0 saturated carbocycles. The lowest BCUT2D eigenvalue weighted by Gasteiger charge is -2.04. The summed E-state index contributed by atoms with van der Waals surface area (Å²) >= 11 is 0. The zero-order valence-electron chi connectivity index (χ0n) is 11.0.